The van der Waals surface area contributed by atoms with Crippen LogP contribution in [0.3, 0.4) is 0 Å². The summed E-state index contributed by atoms with van der Waals surface area (Å²) in [4.78, 5) is 12.2. The van der Waals surface area contributed by atoms with Gasteiger partial charge in [-0.15, -0.1) is 0 Å². The van der Waals surface area contributed by atoms with Crippen molar-refractivity contribution in [2.45, 2.75) is 18.4 Å². The molecule has 0 aromatic heterocycles. The molecule has 0 atom stereocenters. The van der Waals surface area contributed by atoms with Crippen molar-refractivity contribution in [2.24, 2.45) is 5.73 Å². The third-order valence-corrected chi connectivity index (χ3v) is 3.89. The zero-order valence-corrected chi connectivity index (χ0v) is 12.6. The Morgan fingerprint density at radius 1 is 1.19 bits per heavy atom. The Hall–Kier alpha value is -1.64. The number of anilines is 2. The predicted octanol–water partition coefficient (Wildman–Crippen LogP) is 0.504. The van der Waals surface area contributed by atoms with Gasteiger partial charge in [0.15, 0.2) is 0 Å². The van der Waals surface area contributed by atoms with E-state index in [9.17, 15) is 13.2 Å². The van der Waals surface area contributed by atoms with Crippen molar-refractivity contribution in [3.63, 3.8) is 0 Å². The second-order valence-electron chi connectivity index (χ2n) is 5.17. The average Bonchev–Trinajstić information content (AvgIpc) is 2.40. The Balaban J connectivity index is 2.01. The summed E-state index contributed by atoms with van der Waals surface area (Å²) in [5, 5.41) is 2.75. The van der Waals surface area contributed by atoms with Crippen molar-refractivity contribution in [3.8, 4) is 0 Å². The molecule has 0 spiro atoms. The minimum atomic E-state index is -3.31. The molecule has 1 aliphatic heterocycles. The lowest BCUT2D eigenvalue weighted by atomic mass is 9.90. The average molecular weight is 313 g/mol. The van der Waals surface area contributed by atoms with Crippen molar-refractivity contribution in [1.82, 2.24) is 0 Å². The third-order valence-electron chi connectivity index (χ3n) is 3.28. The Labute approximate surface area is 123 Å². The first-order valence-corrected chi connectivity index (χ1v) is 8.44. The van der Waals surface area contributed by atoms with Gasteiger partial charge in [0.25, 0.3) is 0 Å². The monoisotopic (exact) mass is 313 g/mol. The maximum Gasteiger partial charge on any atom is 0.244 e. The number of benzene rings is 1. The van der Waals surface area contributed by atoms with E-state index in [0.717, 1.165) is 6.26 Å². The fraction of sp³-hybridized carbons (Fsp3) is 0.462. The molecule has 7 nitrogen and oxygen atoms in total. The van der Waals surface area contributed by atoms with Gasteiger partial charge in [-0.1, -0.05) is 0 Å². The predicted molar refractivity (Wildman–Crippen MR) is 80.5 cm³/mol. The number of nitrogens with two attached hydrogens (primary N) is 1. The fourth-order valence-corrected chi connectivity index (χ4v) is 2.62. The molecule has 0 radical (unpaired) electrons. The van der Waals surface area contributed by atoms with Crippen LogP contribution in [0.1, 0.15) is 12.8 Å². The number of sulfonamides is 1. The largest absolute Gasteiger partial charge is 0.381 e. The first kappa shape index (κ1) is 15.7. The van der Waals surface area contributed by atoms with Gasteiger partial charge in [0, 0.05) is 24.6 Å². The van der Waals surface area contributed by atoms with Crippen LogP contribution in [0.5, 0.6) is 0 Å². The van der Waals surface area contributed by atoms with E-state index in [0.29, 0.717) is 37.4 Å². The van der Waals surface area contributed by atoms with Crippen LogP contribution < -0.4 is 15.8 Å². The highest BCUT2D eigenvalue weighted by atomic mass is 32.2. The number of hydrogen-bond donors (Lipinski definition) is 3. The normalized spacial score (nSPS) is 18.0. The fourth-order valence-electron chi connectivity index (χ4n) is 2.05. The molecule has 1 fully saturated rings. The molecule has 2 rings (SSSR count). The lowest BCUT2D eigenvalue weighted by Gasteiger charge is -2.31. The van der Waals surface area contributed by atoms with E-state index in [1.165, 1.54) is 0 Å². The molecular weight excluding hydrogens is 294 g/mol. The smallest absolute Gasteiger partial charge is 0.244 e. The van der Waals surface area contributed by atoms with Gasteiger partial charge in [0.2, 0.25) is 15.9 Å². The summed E-state index contributed by atoms with van der Waals surface area (Å²) in [6.45, 7) is 0.947. The number of carbonyl (C=O) groups excluding carboxylic acids is 1. The summed E-state index contributed by atoms with van der Waals surface area (Å²) in [6, 6.07) is 6.38. The molecule has 1 aromatic carbocycles. The van der Waals surface area contributed by atoms with Crippen LogP contribution in [0.2, 0.25) is 0 Å². The molecule has 4 N–H and O–H groups in total. The number of carbonyl (C=O) groups is 1. The van der Waals surface area contributed by atoms with Crippen LogP contribution in [-0.4, -0.2) is 39.3 Å². The van der Waals surface area contributed by atoms with Gasteiger partial charge in [-0.05, 0) is 37.1 Å². The standard InChI is InChI=1S/C13H19N3O4S/c1-21(18,19)16-11-4-2-10(3-5-11)15-12(17)13(14)6-8-20-9-7-13/h2-5,16H,6-9,14H2,1H3,(H,15,17). The Bertz CT molecular complexity index is 607. The molecule has 1 heterocycles. The number of nitrogens with one attached hydrogen (secondary N) is 2. The van der Waals surface area contributed by atoms with Crippen molar-refractivity contribution >= 4 is 27.3 Å². The van der Waals surface area contributed by atoms with E-state index in [4.69, 9.17) is 10.5 Å². The van der Waals surface area contributed by atoms with Gasteiger partial charge in [-0.3, -0.25) is 9.52 Å². The van der Waals surface area contributed by atoms with Crippen LogP contribution in [0.25, 0.3) is 0 Å². The Morgan fingerprint density at radius 2 is 1.71 bits per heavy atom. The lowest BCUT2D eigenvalue weighted by Crippen LogP contribution is -2.54. The molecular formula is C13H19N3O4S. The van der Waals surface area contributed by atoms with Gasteiger partial charge < -0.3 is 15.8 Å². The number of hydrogen-bond acceptors (Lipinski definition) is 5. The summed E-state index contributed by atoms with van der Waals surface area (Å²) in [7, 11) is -3.31. The van der Waals surface area contributed by atoms with E-state index in [1.54, 1.807) is 24.3 Å². The molecule has 8 heteroatoms. The second-order valence-corrected chi connectivity index (χ2v) is 6.92. The van der Waals surface area contributed by atoms with E-state index >= 15 is 0 Å². The van der Waals surface area contributed by atoms with Crippen LogP contribution in [0.4, 0.5) is 11.4 Å². The van der Waals surface area contributed by atoms with Crippen molar-refractivity contribution in [1.29, 1.82) is 0 Å². The zero-order chi connectivity index (χ0) is 15.5. The minimum Gasteiger partial charge on any atom is -0.381 e. The third kappa shape index (κ3) is 4.42. The van der Waals surface area contributed by atoms with E-state index in [-0.39, 0.29) is 5.91 Å². The summed E-state index contributed by atoms with van der Waals surface area (Å²) in [5.74, 6) is -0.255. The summed E-state index contributed by atoms with van der Waals surface area (Å²) >= 11 is 0. The second kappa shape index (κ2) is 6.00. The lowest BCUT2D eigenvalue weighted by molar-refractivity contribution is -0.124. The summed E-state index contributed by atoms with van der Waals surface area (Å²) < 4.78 is 29.8. The first-order valence-electron chi connectivity index (χ1n) is 6.54. The zero-order valence-electron chi connectivity index (χ0n) is 11.8. The van der Waals surface area contributed by atoms with Crippen LogP contribution in [0.15, 0.2) is 24.3 Å². The highest BCUT2D eigenvalue weighted by Gasteiger charge is 2.35. The minimum absolute atomic E-state index is 0.255. The van der Waals surface area contributed by atoms with Gasteiger partial charge >= 0.3 is 0 Å². The van der Waals surface area contributed by atoms with Gasteiger partial charge in [-0.2, -0.15) is 0 Å². The Morgan fingerprint density at radius 3 is 2.24 bits per heavy atom. The maximum atomic E-state index is 12.2. The van der Waals surface area contributed by atoms with Crippen LogP contribution in [0, 0.1) is 0 Å². The number of amides is 1. The molecule has 0 bridgehead atoms. The maximum absolute atomic E-state index is 12.2. The van der Waals surface area contributed by atoms with Crippen LogP contribution in [-0.2, 0) is 19.6 Å². The quantitative estimate of drug-likeness (QED) is 0.750. The summed E-state index contributed by atoms with van der Waals surface area (Å²) in [6.07, 6.45) is 2.03. The van der Waals surface area contributed by atoms with Gasteiger partial charge in [0.05, 0.1) is 6.26 Å². The molecule has 1 aliphatic rings. The molecule has 1 saturated heterocycles. The van der Waals surface area contributed by atoms with E-state index in [1.807, 2.05) is 0 Å². The van der Waals surface area contributed by atoms with E-state index in [2.05, 4.69) is 10.0 Å². The Kier molecular flexibility index (Phi) is 4.50. The topological polar surface area (TPSA) is 111 Å². The molecule has 116 valence electrons. The van der Waals surface area contributed by atoms with Crippen LogP contribution >= 0.6 is 0 Å². The highest BCUT2D eigenvalue weighted by molar-refractivity contribution is 7.92. The van der Waals surface area contributed by atoms with Crippen molar-refractivity contribution < 1.29 is 17.9 Å². The van der Waals surface area contributed by atoms with Gasteiger partial charge in [0.1, 0.15) is 5.54 Å². The molecule has 1 amide bonds. The van der Waals surface area contributed by atoms with Crippen molar-refractivity contribution in [2.75, 3.05) is 29.5 Å². The highest BCUT2D eigenvalue weighted by Crippen LogP contribution is 2.21. The molecule has 1 aromatic rings. The van der Waals surface area contributed by atoms with Crippen molar-refractivity contribution in [3.05, 3.63) is 24.3 Å². The first-order chi connectivity index (χ1) is 9.78. The van der Waals surface area contributed by atoms with Gasteiger partial charge in [-0.25, -0.2) is 8.42 Å². The number of rotatable bonds is 4. The van der Waals surface area contributed by atoms with E-state index < -0.39 is 15.6 Å². The molecule has 21 heavy (non-hydrogen) atoms. The molecule has 0 aliphatic carbocycles. The SMILES string of the molecule is CS(=O)(=O)Nc1ccc(NC(=O)C2(N)CCOCC2)cc1. The number of ether oxygens (including phenoxy) is 1. The molecule has 0 unspecified atom stereocenters. The molecule has 0 saturated carbocycles. The summed E-state index contributed by atoms with van der Waals surface area (Å²) in [5.41, 5.74) is 6.16.